The van der Waals surface area contributed by atoms with Crippen LogP contribution in [-0.4, -0.2) is 52.5 Å². The number of para-hydroxylation sites is 2. The van der Waals surface area contributed by atoms with E-state index in [2.05, 4.69) is 20.9 Å². The fourth-order valence-electron chi connectivity index (χ4n) is 5.03. The lowest BCUT2D eigenvalue weighted by molar-refractivity contribution is -0.137. The van der Waals surface area contributed by atoms with Gasteiger partial charge in [-0.15, -0.1) is 0 Å². The van der Waals surface area contributed by atoms with Crippen molar-refractivity contribution in [2.75, 3.05) is 25.0 Å². The highest BCUT2D eigenvalue weighted by atomic mass is 16.4. The Morgan fingerprint density at radius 3 is 2.69 bits per heavy atom. The molecule has 0 saturated heterocycles. The van der Waals surface area contributed by atoms with E-state index in [0.717, 1.165) is 28.7 Å². The summed E-state index contributed by atoms with van der Waals surface area (Å²) in [5.74, 6) is -1.37. The summed E-state index contributed by atoms with van der Waals surface area (Å²) in [5, 5.41) is 12.4. The largest absolute Gasteiger partial charge is 0.480 e. The van der Waals surface area contributed by atoms with E-state index in [1.165, 1.54) is 5.56 Å². The zero-order valence-corrected chi connectivity index (χ0v) is 17.7. The van der Waals surface area contributed by atoms with Crippen molar-refractivity contribution >= 4 is 34.4 Å². The van der Waals surface area contributed by atoms with Gasteiger partial charge in [-0.2, -0.15) is 0 Å². The van der Waals surface area contributed by atoms with E-state index in [4.69, 9.17) is 5.11 Å². The SMILES string of the molecule is CN1c2ccccc2C(=O)N2CCc3c(n(CCC(=O)NCC(=O)O)c4ccccc34)C21. The molecule has 2 amide bonds. The van der Waals surface area contributed by atoms with Crippen LogP contribution in [0.2, 0.25) is 0 Å². The van der Waals surface area contributed by atoms with Gasteiger partial charge in [-0.3, -0.25) is 14.4 Å². The Hall–Kier alpha value is -3.81. The quantitative estimate of drug-likeness (QED) is 0.646. The number of carboxylic acids is 1. The minimum absolute atomic E-state index is 0.0188. The molecule has 2 aliphatic heterocycles. The van der Waals surface area contributed by atoms with Crippen molar-refractivity contribution in [1.82, 2.24) is 14.8 Å². The number of hydrogen-bond acceptors (Lipinski definition) is 4. The molecule has 0 saturated carbocycles. The van der Waals surface area contributed by atoms with E-state index >= 15 is 0 Å². The molecule has 5 rings (SSSR count). The molecule has 3 aromatic rings. The molecule has 32 heavy (non-hydrogen) atoms. The number of benzene rings is 2. The highest BCUT2D eigenvalue weighted by Gasteiger charge is 2.42. The second kappa shape index (κ2) is 7.71. The van der Waals surface area contributed by atoms with Crippen LogP contribution in [0.15, 0.2) is 48.5 Å². The number of carbonyl (C=O) groups is 3. The van der Waals surface area contributed by atoms with Gasteiger partial charge in [-0.1, -0.05) is 30.3 Å². The predicted molar refractivity (Wildman–Crippen MR) is 120 cm³/mol. The summed E-state index contributed by atoms with van der Waals surface area (Å²) in [7, 11) is 2.00. The molecule has 8 heteroatoms. The summed E-state index contributed by atoms with van der Waals surface area (Å²) >= 11 is 0. The number of carboxylic acid groups (broad SMARTS) is 1. The van der Waals surface area contributed by atoms with Crippen LogP contribution in [0.3, 0.4) is 0 Å². The number of aryl methyl sites for hydroxylation is 1. The summed E-state index contributed by atoms with van der Waals surface area (Å²) in [6.45, 7) is 0.630. The number of amides is 2. The Balaban J connectivity index is 1.58. The number of anilines is 1. The average Bonchev–Trinajstić information content (AvgIpc) is 3.13. The van der Waals surface area contributed by atoms with Crippen molar-refractivity contribution in [2.24, 2.45) is 0 Å². The van der Waals surface area contributed by atoms with E-state index in [-0.39, 0.29) is 24.4 Å². The number of hydrogen-bond donors (Lipinski definition) is 2. The monoisotopic (exact) mass is 432 g/mol. The van der Waals surface area contributed by atoms with Gasteiger partial charge >= 0.3 is 5.97 Å². The van der Waals surface area contributed by atoms with Crippen molar-refractivity contribution in [2.45, 2.75) is 25.6 Å². The lowest BCUT2D eigenvalue weighted by Gasteiger charge is -2.46. The summed E-state index contributed by atoms with van der Waals surface area (Å²) in [6, 6.07) is 15.7. The lowest BCUT2D eigenvalue weighted by Crippen LogP contribution is -2.51. The van der Waals surface area contributed by atoms with E-state index in [9.17, 15) is 14.4 Å². The van der Waals surface area contributed by atoms with Crippen LogP contribution in [0.1, 0.15) is 34.2 Å². The van der Waals surface area contributed by atoms with Crippen LogP contribution in [0.4, 0.5) is 5.69 Å². The third-order valence-corrected chi connectivity index (χ3v) is 6.40. The molecule has 0 aliphatic carbocycles. The maximum Gasteiger partial charge on any atom is 0.322 e. The number of nitrogens with one attached hydrogen (secondary N) is 1. The number of carbonyl (C=O) groups excluding carboxylic acids is 2. The van der Waals surface area contributed by atoms with Gasteiger partial charge in [0.05, 0.1) is 16.9 Å². The topological polar surface area (TPSA) is 94.9 Å². The molecule has 1 atom stereocenters. The Kier molecular flexibility index (Phi) is 4.84. The average molecular weight is 432 g/mol. The van der Waals surface area contributed by atoms with E-state index in [0.29, 0.717) is 18.7 Å². The molecule has 0 radical (unpaired) electrons. The fourth-order valence-corrected chi connectivity index (χ4v) is 5.03. The normalized spacial score (nSPS) is 17.0. The van der Waals surface area contributed by atoms with Crippen molar-refractivity contribution in [3.63, 3.8) is 0 Å². The Labute approximate surface area is 185 Å². The van der Waals surface area contributed by atoms with Gasteiger partial charge in [0.2, 0.25) is 5.91 Å². The number of rotatable bonds is 5. The maximum atomic E-state index is 13.3. The zero-order valence-electron chi connectivity index (χ0n) is 17.7. The molecule has 0 spiro atoms. The molecule has 2 aliphatic rings. The van der Waals surface area contributed by atoms with Crippen molar-refractivity contribution in [1.29, 1.82) is 0 Å². The van der Waals surface area contributed by atoms with Crippen LogP contribution >= 0.6 is 0 Å². The molecular formula is C24H24N4O4. The first-order chi connectivity index (χ1) is 15.5. The van der Waals surface area contributed by atoms with Gasteiger partial charge in [0.25, 0.3) is 5.91 Å². The maximum absolute atomic E-state index is 13.3. The Morgan fingerprint density at radius 1 is 1.12 bits per heavy atom. The first kappa shape index (κ1) is 20.1. The number of aromatic nitrogens is 1. The van der Waals surface area contributed by atoms with Gasteiger partial charge in [-0.05, 0) is 30.2 Å². The van der Waals surface area contributed by atoms with Gasteiger partial charge in [0.1, 0.15) is 12.7 Å². The van der Waals surface area contributed by atoms with Crippen molar-refractivity contribution < 1.29 is 19.5 Å². The Morgan fingerprint density at radius 2 is 1.88 bits per heavy atom. The molecule has 164 valence electrons. The van der Waals surface area contributed by atoms with Gasteiger partial charge in [0.15, 0.2) is 0 Å². The van der Waals surface area contributed by atoms with Gasteiger partial charge in [-0.25, -0.2) is 0 Å². The number of aliphatic carboxylic acids is 1. The third-order valence-electron chi connectivity index (χ3n) is 6.40. The molecule has 8 nitrogen and oxygen atoms in total. The zero-order chi connectivity index (χ0) is 22.4. The summed E-state index contributed by atoms with van der Waals surface area (Å²) in [4.78, 5) is 40.4. The highest BCUT2D eigenvalue weighted by Crippen LogP contribution is 2.44. The van der Waals surface area contributed by atoms with Crippen LogP contribution in [0.5, 0.6) is 0 Å². The molecule has 1 aromatic heterocycles. The second-order valence-electron chi connectivity index (χ2n) is 8.20. The molecular weight excluding hydrogens is 408 g/mol. The van der Waals surface area contributed by atoms with Gasteiger partial charge in [0, 0.05) is 37.5 Å². The Bertz CT molecular complexity index is 1250. The standard InChI is InChI=1S/C24H24N4O4/c1-26-18-8-4-3-7-17(18)24(32)28-12-10-16-15-6-2-5-9-19(15)27(22(16)23(26)28)13-11-20(29)25-14-21(30)31/h2-9,23H,10-14H2,1H3,(H,25,29)(H,30,31). The first-order valence-corrected chi connectivity index (χ1v) is 10.7. The molecule has 0 bridgehead atoms. The van der Waals surface area contributed by atoms with Crippen molar-refractivity contribution in [3.05, 3.63) is 65.4 Å². The van der Waals surface area contributed by atoms with Gasteiger partial charge < -0.3 is 24.8 Å². The van der Waals surface area contributed by atoms with E-state index in [1.807, 2.05) is 54.4 Å². The molecule has 1 unspecified atom stereocenters. The number of fused-ring (bicyclic) bond motifs is 6. The summed E-state index contributed by atoms with van der Waals surface area (Å²) in [5.41, 5.74) is 4.83. The minimum atomic E-state index is -1.07. The molecule has 2 N–H and O–H groups in total. The minimum Gasteiger partial charge on any atom is -0.480 e. The van der Waals surface area contributed by atoms with Crippen LogP contribution in [0.25, 0.3) is 10.9 Å². The second-order valence-corrected chi connectivity index (χ2v) is 8.20. The van der Waals surface area contributed by atoms with Crippen LogP contribution in [-0.2, 0) is 22.6 Å². The predicted octanol–water partition coefficient (Wildman–Crippen LogP) is 2.38. The highest BCUT2D eigenvalue weighted by molar-refractivity contribution is 6.02. The van der Waals surface area contributed by atoms with Crippen molar-refractivity contribution in [3.8, 4) is 0 Å². The molecule has 2 aromatic carbocycles. The summed E-state index contributed by atoms with van der Waals surface area (Å²) < 4.78 is 2.12. The van der Waals surface area contributed by atoms with E-state index < -0.39 is 12.5 Å². The van der Waals surface area contributed by atoms with Crippen LogP contribution in [0, 0.1) is 0 Å². The molecule has 3 heterocycles. The lowest BCUT2D eigenvalue weighted by atomic mass is 9.96. The smallest absolute Gasteiger partial charge is 0.322 e. The fraction of sp³-hybridized carbons (Fsp3) is 0.292. The van der Waals surface area contributed by atoms with E-state index in [1.54, 1.807) is 0 Å². The summed E-state index contributed by atoms with van der Waals surface area (Å²) in [6.07, 6.45) is 0.627. The molecule has 0 fully saturated rings. The third kappa shape index (κ3) is 3.10. The van der Waals surface area contributed by atoms with Crippen LogP contribution < -0.4 is 10.2 Å². The number of nitrogens with zero attached hydrogens (tertiary/aromatic N) is 3. The first-order valence-electron chi connectivity index (χ1n) is 10.7.